The Morgan fingerprint density at radius 3 is 2.53 bits per heavy atom. The Balaban J connectivity index is 2.50. The molecule has 2 atom stereocenters. The second kappa shape index (κ2) is 6.40. The highest BCUT2D eigenvalue weighted by atomic mass is 16.4. The molecular weight excluding hydrogens is 242 g/mol. The highest BCUT2D eigenvalue weighted by Crippen LogP contribution is 2.29. The number of hydrogen-bond acceptors (Lipinski definition) is 2. The van der Waals surface area contributed by atoms with E-state index in [2.05, 4.69) is 27.7 Å². The van der Waals surface area contributed by atoms with Crippen molar-refractivity contribution in [1.82, 2.24) is 4.90 Å². The van der Waals surface area contributed by atoms with Gasteiger partial charge in [-0.15, -0.1) is 0 Å². The van der Waals surface area contributed by atoms with Crippen LogP contribution in [0.4, 0.5) is 0 Å². The van der Waals surface area contributed by atoms with Crippen LogP contribution in [0.15, 0.2) is 0 Å². The number of carboxylic acids is 1. The molecule has 0 spiro atoms. The van der Waals surface area contributed by atoms with Gasteiger partial charge in [-0.25, -0.2) is 0 Å². The van der Waals surface area contributed by atoms with Crippen molar-refractivity contribution in [2.45, 2.75) is 53.4 Å². The number of nitrogens with zero attached hydrogens (tertiary/aromatic N) is 1. The summed E-state index contributed by atoms with van der Waals surface area (Å²) in [5, 5.41) is 8.84. The maximum Gasteiger partial charge on any atom is 0.303 e. The minimum Gasteiger partial charge on any atom is -0.481 e. The number of aliphatic carboxylic acids is 1. The van der Waals surface area contributed by atoms with E-state index in [4.69, 9.17) is 5.11 Å². The summed E-state index contributed by atoms with van der Waals surface area (Å²) >= 11 is 0. The van der Waals surface area contributed by atoms with E-state index in [1.54, 1.807) is 0 Å². The minimum absolute atomic E-state index is 0.125. The van der Waals surface area contributed by atoms with Gasteiger partial charge >= 0.3 is 5.97 Å². The van der Waals surface area contributed by atoms with E-state index in [0.29, 0.717) is 18.9 Å². The molecular formula is C15H27NO3. The number of piperidine rings is 1. The van der Waals surface area contributed by atoms with Gasteiger partial charge in [0.05, 0.1) is 0 Å². The Kier molecular flexibility index (Phi) is 5.39. The lowest BCUT2D eigenvalue weighted by Crippen LogP contribution is -2.41. The predicted octanol–water partition coefficient (Wildman–Crippen LogP) is 2.77. The zero-order chi connectivity index (χ0) is 14.6. The zero-order valence-electron chi connectivity index (χ0n) is 12.6. The van der Waals surface area contributed by atoms with Crippen molar-refractivity contribution in [1.29, 1.82) is 0 Å². The summed E-state index contributed by atoms with van der Waals surface area (Å²) in [5.41, 5.74) is 0.131. The third-order valence-corrected chi connectivity index (χ3v) is 4.29. The molecule has 0 saturated carbocycles. The first-order chi connectivity index (χ1) is 8.70. The first-order valence-corrected chi connectivity index (χ1v) is 7.19. The standard InChI is InChI=1S/C15H27NO3/c1-11(15(2,3)4)8-13(17)16-7-5-6-12(10-16)9-14(18)19/h11-12H,5-10H2,1-4H3,(H,18,19). The Morgan fingerprint density at radius 1 is 1.37 bits per heavy atom. The van der Waals surface area contributed by atoms with Crippen molar-refractivity contribution in [2.75, 3.05) is 13.1 Å². The van der Waals surface area contributed by atoms with Crippen molar-refractivity contribution >= 4 is 11.9 Å². The molecule has 0 aromatic carbocycles. The quantitative estimate of drug-likeness (QED) is 0.853. The fourth-order valence-electron chi connectivity index (χ4n) is 2.40. The van der Waals surface area contributed by atoms with Crippen LogP contribution < -0.4 is 0 Å². The number of likely N-dealkylation sites (tertiary alicyclic amines) is 1. The Hall–Kier alpha value is -1.06. The lowest BCUT2D eigenvalue weighted by Gasteiger charge is -2.34. The molecule has 1 rings (SSSR count). The largest absolute Gasteiger partial charge is 0.481 e. The highest BCUT2D eigenvalue weighted by Gasteiger charge is 2.28. The van der Waals surface area contributed by atoms with E-state index >= 15 is 0 Å². The van der Waals surface area contributed by atoms with E-state index in [1.807, 2.05) is 4.90 Å². The molecule has 1 heterocycles. The van der Waals surface area contributed by atoms with Crippen LogP contribution in [0.2, 0.25) is 0 Å². The van der Waals surface area contributed by atoms with Crippen LogP contribution in [0.5, 0.6) is 0 Å². The van der Waals surface area contributed by atoms with Gasteiger partial charge in [0.2, 0.25) is 5.91 Å². The first kappa shape index (κ1) is 16.0. The third-order valence-electron chi connectivity index (χ3n) is 4.29. The molecule has 0 aromatic rings. The smallest absolute Gasteiger partial charge is 0.303 e. The number of carboxylic acid groups (broad SMARTS) is 1. The average Bonchev–Trinajstić information content (AvgIpc) is 2.27. The Labute approximate surface area is 116 Å². The molecule has 4 nitrogen and oxygen atoms in total. The summed E-state index contributed by atoms with van der Waals surface area (Å²) in [4.78, 5) is 24.9. The second-order valence-electron chi connectivity index (χ2n) is 6.92. The van der Waals surface area contributed by atoms with Gasteiger partial charge < -0.3 is 10.0 Å². The molecule has 110 valence electrons. The fourth-order valence-corrected chi connectivity index (χ4v) is 2.40. The van der Waals surface area contributed by atoms with Crippen molar-refractivity contribution < 1.29 is 14.7 Å². The van der Waals surface area contributed by atoms with E-state index in [-0.39, 0.29) is 23.7 Å². The Morgan fingerprint density at radius 2 is 2.00 bits per heavy atom. The van der Waals surface area contributed by atoms with Gasteiger partial charge in [0.25, 0.3) is 0 Å². The molecule has 0 aromatic heterocycles. The van der Waals surface area contributed by atoms with E-state index in [0.717, 1.165) is 19.4 Å². The molecule has 1 fully saturated rings. The zero-order valence-corrected chi connectivity index (χ0v) is 12.6. The van der Waals surface area contributed by atoms with Gasteiger partial charge in [0, 0.05) is 25.9 Å². The third kappa shape index (κ3) is 5.21. The molecule has 1 amide bonds. The summed E-state index contributed by atoms with van der Waals surface area (Å²) in [6.45, 7) is 9.95. The first-order valence-electron chi connectivity index (χ1n) is 7.19. The molecule has 4 heteroatoms. The van der Waals surface area contributed by atoms with Crippen molar-refractivity contribution in [3.63, 3.8) is 0 Å². The normalized spacial score (nSPS) is 22.1. The van der Waals surface area contributed by atoms with Gasteiger partial charge in [0.15, 0.2) is 0 Å². The number of carbonyl (C=O) groups excluding carboxylic acids is 1. The van der Waals surface area contributed by atoms with Crippen LogP contribution in [0.25, 0.3) is 0 Å². The van der Waals surface area contributed by atoms with E-state index in [1.165, 1.54) is 0 Å². The topological polar surface area (TPSA) is 57.6 Å². The number of rotatable bonds is 4. The monoisotopic (exact) mass is 269 g/mol. The predicted molar refractivity (Wildman–Crippen MR) is 74.8 cm³/mol. The fraction of sp³-hybridized carbons (Fsp3) is 0.867. The highest BCUT2D eigenvalue weighted by molar-refractivity contribution is 5.76. The van der Waals surface area contributed by atoms with Crippen LogP contribution in [-0.2, 0) is 9.59 Å². The second-order valence-corrected chi connectivity index (χ2v) is 6.92. The van der Waals surface area contributed by atoms with Gasteiger partial charge in [-0.1, -0.05) is 27.7 Å². The lowest BCUT2D eigenvalue weighted by atomic mass is 9.80. The summed E-state index contributed by atoms with van der Waals surface area (Å²) in [5.74, 6) is -0.125. The maximum absolute atomic E-state index is 12.3. The molecule has 19 heavy (non-hydrogen) atoms. The molecule has 0 aliphatic carbocycles. The summed E-state index contributed by atoms with van der Waals surface area (Å²) < 4.78 is 0. The van der Waals surface area contributed by atoms with Crippen LogP contribution in [0, 0.1) is 17.3 Å². The minimum atomic E-state index is -0.762. The maximum atomic E-state index is 12.3. The SMILES string of the molecule is CC(CC(=O)N1CCCC(CC(=O)O)C1)C(C)(C)C. The lowest BCUT2D eigenvalue weighted by molar-refractivity contribution is -0.141. The van der Waals surface area contributed by atoms with Crippen LogP contribution in [0.1, 0.15) is 53.4 Å². The molecule has 1 aliphatic rings. The van der Waals surface area contributed by atoms with Gasteiger partial charge in [-0.2, -0.15) is 0 Å². The molecule has 2 unspecified atom stereocenters. The molecule has 1 aliphatic heterocycles. The number of hydrogen-bond donors (Lipinski definition) is 1. The number of carbonyl (C=O) groups is 2. The Bertz CT molecular complexity index is 333. The van der Waals surface area contributed by atoms with Crippen molar-refractivity contribution in [2.24, 2.45) is 17.3 Å². The van der Waals surface area contributed by atoms with Crippen molar-refractivity contribution in [3.05, 3.63) is 0 Å². The number of amides is 1. The van der Waals surface area contributed by atoms with Crippen LogP contribution in [-0.4, -0.2) is 35.0 Å². The molecule has 1 saturated heterocycles. The van der Waals surface area contributed by atoms with Gasteiger partial charge in [-0.3, -0.25) is 9.59 Å². The summed E-state index contributed by atoms with van der Waals surface area (Å²) in [6.07, 6.45) is 2.58. The molecule has 0 bridgehead atoms. The van der Waals surface area contributed by atoms with Crippen LogP contribution >= 0.6 is 0 Å². The van der Waals surface area contributed by atoms with E-state index < -0.39 is 5.97 Å². The van der Waals surface area contributed by atoms with Crippen molar-refractivity contribution in [3.8, 4) is 0 Å². The molecule has 0 radical (unpaired) electrons. The van der Waals surface area contributed by atoms with E-state index in [9.17, 15) is 9.59 Å². The van der Waals surface area contributed by atoms with Gasteiger partial charge in [0.1, 0.15) is 0 Å². The molecule has 1 N–H and O–H groups in total. The average molecular weight is 269 g/mol. The van der Waals surface area contributed by atoms with Gasteiger partial charge in [-0.05, 0) is 30.1 Å². The van der Waals surface area contributed by atoms with Crippen LogP contribution in [0.3, 0.4) is 0 Å². The summed E-state index contributed by atoms with van der Waals surface area (Å²) in [6, 6.07) is 0. The summed E-state index contributed by atoms with van der Waals surface area (Å²) in [7, 11) is 0.